The number of para-hydroxylation sites is 1. The van der Waals surface area contributed by atoms with Crippen molar-refractivity contribution in [2.24, 2.45) is 0 Å². The van der Waals surface area contributed by atoms with Crippen LogP contribution in [0.5, 0.6) is 0 Å². The van der Waals surface area contributed by atoms with Gasteiger partial charge in [-0.25, -0.2) is 0 Å². The maximum atomic E-state index is 6.87. The zero-order chi connectivity index (χ0) is 47.2. The van der Waals surface area contributed by atoms with Crippen molar-refractivity contribution < 1.29 is 4.42 Å². The summed E-state index contributed by atoms with van der Waals surface area (Å²) >= 11 is 0. The monoisotopic (exact) mass is 900 g/mol. The number of aryl methyl sites for hydroxylation is 1. The molecule has 3 nitrogen and oxygen atoms in total. The molecular weight excluding hydrogens is 848 g/mol. The van der Waals surface area contributed by atoms with Crippen LogP contribution >= 0.6 is 0 Å². The van der Waals surface area contributed by atoms with Gasteiger partial charge in [-0.3, -0.25) is 0 Å². The topological polar surface area (TPSA) is 21.3 Å². The van der Waals surface area contributed by atoms with Crippen LogP contribution in [0.25, 0.3) is 88.3 Å². The van der Waals surface area contributed by atoms with E-state index in [1.807, 2.05) is 0 Å². The standard InChI is InChI=1S/C66H53BN2O/c1-38-30-51-52(65(4,5)29-28-64(51,2)3)36-55(38)68-56-37-59-46(44-23-15-17-25-58(44)70-59)34-53(56)67-62-57(68)35-47-43-22-14-16-24-50(43)66(6,7)61(47)60(62)49-33-42(40-20-12-9-13-21-40)32-48-45-31-41(39-18-10-8-11-19-39)26-27-54(45)69(67)63(48)49/h8-27,30-37H,28-29H2,1-7H3. The van der Waals surface area contributed by atoms with E-state index in [1.165, 1.54) is 129 Å². The average molecular weight is 901 g/mol. The van der Waals surface area contributed by atoms with Crippen LogP contribution in [0.1, 0.15) is 82.2 Å². The lowest BCUT2D eigenvalue weighted by Crippen LogP contribution is -2.57. The Morgan fingerprint density at radius 3 is 1.91 bits per heavy atom. The first-order chi connectivity index (χ1) is 33.9. The van der Waals surface area contributed by atoms with Gasteiger partial charge in [-0.15, -0.1) is 0 Å². The number of hydrogen-bond acceptors (Lipinski definition) is 2. The van der Waals surface area contributed by atoms with Crippen molar-refractivity contribution in [3.63, 3.8) is 0 Å². The fraction of sp³-hybridized carbons (Fsp3) is 0.182. The molecule has 0 amide bonds. The molecule has 0 unspecified atom stereocenters. The second-order valence-corrected chi connectivity index (χ2v) is 22.7. The van der Waals surface area contributed by atoms with Crippen LogP contribution in [0.4, 0.5) is 17.1 Å². The summed E-state index contributed by atoms with van der Waals surface area (Å²) in [4.78, 5) is 2.67. The summed E-state index contributed by atoms with van der Waals surface area (Å²) in [7, 11) is 0. The van der Waals surface area contributed by atoms with Crippen molar-refractivity contribution in [3.05, 3.63) is 198 Å². The Bertz CT molecular complexity index is 4110. The smallest absolute Gasteiger partial charge is 0.333 e. The number of fused-ring (bicyclic) bond motifs is 15. The molecule has 9 aromatic carbocycles. The molecule has 11 aromatic rings. The molecule has 0 N–H and O–H groups in total. The maximum absolute atomic E-state index is 6.87. The van der Waals surface area contributed by atoms with Crippen LogP contribution in [0.2, 0.25) is 0 Å². The van der Waals surface area contributed by atoms with Crippen LogP contribution in [-0.4, -0.2) is 11.3 Å². The first-order valence-corrected chi connectivity index (χ1v) is 25.3. The van der Waals surface area contributed by atoms with Gasteiger partial charge in [0.15, 0.2) is 0 Å². The molecule has 0 spiro atoms. The molecule has 0 atom stereocenters. The quantitative estimate of drug-likeness (QED) is 0.165. The van der Waals surface area contributed by atoms with Gasteiger partial charge in [-0.1, -0.05) is 163 Å². The Morgan fingerprint density at radius 2 is 1.14 bits per heavy atom. The highest BCUT2D eigenvalue weighted by Gasteiger charge is 2.49. The summed E-state index contributed by atoms with van der Waals surface area (Å²) in [6.07, 6.45) is 2.32. The summed E-state index contributed by atoms with van der Waals surface area (Å²) < 4.78 is 9.61. The van der Waals surface area contributed by atoms with Crippen LogP contribution < -0.4 is 15.8 Å². The van der Waals surface area contributed by atoms with Gasteiger partial charge >= 0.3 is 6.85 Å². The lowest BCUT2D eigenvalue weighted by atomic mass is 9.44. The van der Waals surface area contributed by atoms with Gasteiger partial charge in [0.05, 0.1) is 0 Å². The molecule has 2 aliphatic carbocycles. The summed E-state index contributed by atoms with van der Waals surface area (Å²) in [5.41, 5.74) is 27.9. The molecule has 4 aliphatic rings. The fourth-order valence-electron chi connectivity index (χ4n) is 13.9. The summed E-state index contributed by atoms with van der Waals surface area (Å²) in [6, 6.07) is 64.6. The van der Waals surface area contributed by atoms with E-state index in [0.29, 0.717) is 0 Å². The number of rotatable bonds is 3. The molecule has 0 bridgehead atoms. The van der Waals surface area contributed by atoms with Crippen molar-refractivity contribution >= 4 is 78.6 Å². The van der Waals surface area contributed by atoms with Gasteiger partial charge in [0.25, 0.3) is 0 Å². The highest BCUT2D eigenvalue weighted by Crippen LogP contribution is 2.58. The first-order valence-electron chi connectivity index (χ1n) is 25.3. The minimum absolute atomic E-state index is 0.0263. The maximum Gasteiger partial charge on any atom is 0.333 e. The molecule has 4 heterocycles. The van der Waals surface area contributed by atoms with E-state index in [1.54, 1.807) is 0 Å². The van der Waals surface area contributed by atoms with Crippen molar-refractivity contribution in [2.75, 3.05) is 4.90 Å². The number of hydrogen-bond donors (Lipinski definition) is 0. The minimum Gasteiger partial charge on any atom is -0.456 e. The van der Waals surface area contributed by atoms with Gasteiger partial charge in [0, 0.05) is 66.7 Å². The normalized spacial score (nSPS) is 16.4. The van der Waals surface area contributed by atoms with Crippen LogP contribution in [0, 0.1) is 6.92 Å². The van der Waals surface area contributed by atoms with Crippen molar-refractivity contribution in [1.82, 2.24) is 4.48 Å². The Morgan fingerprint density at radius 1 is 0.471 bits per heavy atom. The van der Waals surface area contributed by atoms with Gasteiger partial charge in [-0.2, -0.15) is 0 Å². The summed E-state index contributed by atoms with van der Waals surface area (Å²) in [5, 5.41) is 4.87. The van der Waals surface area contributed by atoms with E-state index in [9.17, 15) is 0 Å². The van der Waals surface area contributed by atoms with Crippen LogP contribution in [0.15, 0.2) is 174 Å². The molecular formula is C66H53BN2O. The molecule has 0 saturated heterocycles. The Balaban J connectivity index is 1.15. The predicted octanol–water partition coefficient (Wildman–Crippen LogP) is 16.4. The highest BCUT2D eigenvalue weighted by atomic mass is 16.3. The Labute approximate surface area is 410 Å². The number of nitrogens with zero attached hydrogens (tertiary/aromatic N) is 2. The lowest BCUT2D eigenvalue weighted by molar-refractivity contribution is 0.332. The fourth-order valence-corrected chi connectivity index (χ4v) is 13.9. The molecule has 0 fully saturated rings. The third-order valence-corrected chi connectivity index (χ3v) is 17.5. The molecule has 0 saturated carbocycles. The molecule has 336 valence electrons. The van der Waals surface area contributed by atoms with E-state index in [-0.39, 0.29) is 23.1 Å². The second kappa shape index (κ2) is 13.6. The third kappa shape index (κ3) is 5.21. The van der Waals surface area contributed by atoms with E-state index < -0.39 is 0 Å². The SMILES string of the molecule is Cc1cc2c(cc1N1c3cc4oc5ccccc5c4cc3B3c4c1cc1c(c4-c4cc(-c5ccccc5)cc5c6cc(-c7ccccc7)ccc6n3c45)C(C)(C)c3ccccc3-1)C(C)(C)CCC2(C)C. The van der Waals surface area contributed by atoms with Crippen LogP contribution in [-0.2, 0) is 16.2 Å². The molecule has 0 radical (unpaired) electrons. The molecule has 2 aromatic heterocycles. The molecule has 70 heavy (non-hydrogen) atoms. The van der Waals surface area contributed by atoms with Crippen molar-refractivity contribution in [2.45, 2.75) is 77.6 Å². The number of aromatic nitrogens is 1. The summed E-state index contributed by atoms with van der Waals surface area (Å²) in [5.74, 6) is 0. The van der Waals surface area contributed by atoms with Crippen molar-refractivity contribution in [3.8, 4) is 44.5 Å². The predicted molar refractivity (Wildman–Crippen MR) is 296 cm³/mol. The first kappa shape index (κ1) is 40.3. The summed E-state index contributed by atoms with van der Waals surface area (Å²) in [6.45, 7) is 17.0. The Hall–Kier alpha value is -7.56. The van der Waals surface area contributed by atoms with E-state index in [2.05, 4.69) is 228 Å². The molecule has 15 rings (SSSR count). The number of anilines is 3. The van der Waals surface area contributed by atoms with Crippen molar-refractivity contribution in [1.29, 1.82) is 0 Å². The zero-order valence-electron chi connectivity index (χ0n) is 41.0. The average Bonchev–Trinajstić information content (AvgIpc) is 3.99. The van der Waals surface area contributed by atoms with Gasteiger partial charge in [0.1, 0.15) is 11.2 Å². The number of furan rings is 1. The lowest BCUT2D eigenvalue weighted by Gasteiger charge is -2.45. The van der Waals surface area contributed by atoms with Gasteiger partial charge < -0.3 is 13.8 Å². The van der Waals surface area contributed by atoms with E-state index >= 15 is 0 Å². The third-order valence-electron chi connectivity index (χ3n) is 17.5. The van der Waals surface area contributed by atoms with E-state index in [0.717, 1.165) is 28.4 Å². The minimum atomic E-state index is -0.266. The molecule has 4 heteroatoms. The highest BCUT2D eigenvalue weighted by molar-refractivity contribution is 6.90. The van der Waals surface area contributed by atoms with Gasteiger partial charge in [0.2, 0.25) is 0 Å². The van der Waals surface area contributed by atoms with Crippen LogP contribution in [0.3, 0.4) is 0 Å². The Kier molecular flexibility index (Phi) is 7.84. The second-order valence-electron chi connectivity index (χ2n) is 22.7. The largest absolute Gasteiger partial charge is 0.456 e. The molecule has 2 aliphatic heterocycles. The van der Waals surface area contributed by atoms with Gasteiger partial charge in [-0.05, 0) is 151 Å². The zero-order valence-corrected chi connectivity index (χ0v) is 41.0. The van der Waals surface area contributed by atoms with E-state index in [4.69, 9.17) is 4.42 Å². The number of benzene rings is 9.